The molecule has 0 aliphatic rings. The molecule has 0 aliphatic heterocycles. The van der Waals surface area contributed by atoms with Gasteiger partial charge in [0.05, 0.1) is 17.0 Å². The van der Waals surface area contributed by atoms with Crippen LogP contribution in [0.15, 0.2) is 54.9 Å². The van der Waals surface area contributed by atoms with Gasteiger partial charge in [-0.2, -0.15) is 5.10 Å². The van der Waals surface area contributed by atoms with Crippen LogP contribution in [0.25, 0.3) is 22.5 Å². The standard InChI is InChI=1S/C18H18N4O/c1-2-9-19-18(23)15-6-7-16(20-12-15)13-4-3-5-14(11-13)17-8-10-21-22-17/h3-8,10-12H,2,9H2,1H3,(H,19,23)(H,21,22). The quantitative estimate of drug-likeness (QED) is 0.760. The summed E-state index contributed by atoms with van der Waals surface area (Å²) in [6.45, 7) is 2.70. The maximum atomic E-state index is 11.9. The molecule has 2 N–H and O–H groups in total. The summed E-state index contributed by atoms with van der Waals surface area (Å²) in [5.74, 6) is -0.0860. The summed E-state index contributed by atoms with van der Waals surface area (Å²) in [7, 11) is 0. The second-order valence-electron chi connectivity index (χ2n) is 5.24. The summed E-state index contributed by atoms with van der Waals surface area (Å²) in [6.07, 6.45) is 4.25. The maximum Gasteiger partial charge on any atom is 0.252 e. The molecular weight excluding hydrogens is 288 g/mol. The average Bonchev–Trinajstić information content (AvgIpc) is 3.14. The smallest absolute Gasteiger partial charge is 0.252 e. The third kappa shape index (κ3) is 3.45. The first-order valence-corrected chi connectivity index (χ1v) is 7.62. The fourth-order valence-corrected chi connectivity index (χ4v) is 2.30. The molecule has 0 saturated carbocycles. The lowest BCUT2D eigenvalue weighted by atomic mass is 10.1. The van der Waals surface area contributed by atoms with Crippen LogP contribution in [0, 0.1) is 0 Å². The molecule has 0 unspecified atom stereocenters. The first kappa shape index (κ1) is 15.0. The Hall–Kier alpha value is -2.95. The number of amides is 1. The zero-order chi connectivity index (χ0) is 16.1. The lowest BCUT2D eigenvalue weighted by Crippen LogP contribution is -2.23. The second kappa shape index (κ2) is 6.87. The van der Waals surface area contributed by atoms with Crippen molar-refractivity contribution in [3.8, 4) is 22.5 Å². The number of nitrogens with zero attached hydrogens (tertiary/aromatic N) is 2. The zero-order valence-corrected chi connectivity index (χ0v) is 12.9. The monoisotopic (exact) mass is 306 g/mol. The van der Waals surface area contributed by atoms with Gasteiger partial charge in [0.15, 0.2) is 0 Å². The van der Waals surface area contributed by atoms with E-state index in [1.807, 2.05) is 43.3 Å². The van der Waals surface area contributed by atoms with E-state index in [0.717, 1.165) is 28.9 Å². The largest absolute Gasteiger partial charge is 0.352 e. The van der Waals surface area contributed by atoms with Crippen molar-refractivity contribution in [2.75, 3.05) is 6.54 Å². The van der Waals surface area contributed by atoms with Crippen LogP contribution in [0.2, 0.25) is 0 Å². The van der Waals surface area contributed by atoms with Gasteiger partial charge in [-0.05, 0) is 30.7 Å². The molecule has 0 fully saturated rings. The fourth-order valence-electron chi connectivity index (χ4n) is 2.30. The molecule has 0 bridgehead atoms. The van der Waals surface area contributed by atoms with Crippen molar-refractivity contribution in [2.24, 2.45) is 0 Å². The summed E-state index contributed by atoms with van der Waals surface area (Å²) >= 11 is 0. The van der Waals surface area contributed by atoms with Gasteiger partial charge in [0, 0.05) is 30.1 Å². The van der Waals surface area contributed by atoms with Gasteiger partial charge in [0.2, 0.25) is 0 Å². The number of hydrogen-bond donors (Lipinski definition) is 2. The van der Waals surface area contributed by atoms with Crippen LogP contribution < -0.4 is 5.32 Å². The topological polar surface area (TPSA) is 70.7 Å². The number of carbonyl (C=O) groups is 1. The Morgan fingerprint density at radius 2 is 2.04 bits per heavy atom. The van der Waals surface area contributed by atoms with Crippen molar-refractivity contribution < 1.29 is 4.79 Å². The predicted octanol–water partition coefficient (Wildman–Crippen LogP) is 3.28. The molecule has 5 nitrogen and oxygen atoms in total. The molecule has 0 atom stereocenters. The number of H-pyrrole nitrogens is 1. The van der Waals surface area contributed by atoms with Crippen LogP contribution in [-0.4, -0.2) is 27.6 Å². The first-order valence-electron chi connectivity index (χ1n) is 7.62. The van der Waals surface area contributed by atoms with Gasteiger partial charge in [0.25, 0.3) is 5.91 Å². The molecular formula is C18H18N4O. The van der Waals surface area contributed by atoms with E-state index in [2.05, 4.69) is 20.5 Å². The van der Waals surface area contributed by atoms with Crippen LogP contribution in [0.4, 0.5) is 0 Å². The van der Waals surface area contributed by atoms with Crippen molar-refractivity contribution in [1.29, 1.82) is 0 Å². The molecule has 2 heterocycles. The molecule has 0 aliphatic carbocycles. The van der Waals surface area contributed by atoms with Gasteiger partial charge in [-0.25, -0.2) is 0 Å². The summed E-state index contributed by atoms with van der Waals surface area (Å²) < 4.78 is 0. The number of hydrogen-bond acceptors (Lipinski definition) is 3. The molecule has 0 radical (unpaired) electrons. The molecule has 2 aromatic heterocycles. The molecule has 116 valence electrons. The van der Waals surface area contributed by atoms with E-state index in [4.69, 9.17) is 0 Å². The van der Waals surface area contributed by atoms with Crippen molar-refractivity contribution in [3.05, 3.63) is 60.4 Å². The van der Waals surface area contributed by atoms with Crippen molar-refractivity contribution in [1.82, 2.24) is 20.5 Å². The van der Waals surface area contributed by atoms with E-state index in [-0.39, 0.29) is 5.91 Å². The molecule has 1 aromatic carbocycles. The Morgan fingerprint density at radius 1 is 1.17 bits per heavy atom. The fraction of sp³-hybridized carbons (Fsp3) is 0.167. The Balaban J connectivity index is 1.82. The highest BCUT2D eigenvalue weighted by Crippen LogP contribution is 2.23. The minimum atomic E-state index is -0.0860. The molecule has 5 heteroatoms. The SMILES string of the molecule is CCCNC(=O)c1ccc(-c2cccc(-c3ccn[nH]3)c2)nc1. The van der Waals surface area contributed by atoms with E-state index < -0.39 is 0 Å². The van der Waals surface area contributed by atoms with Crippen LogP contribution >= 0.6 is 0 Å². The maximum absolute atomic E-state index is 11.9. The summed E-state index contributed by atoms with van der Waals surface area (Å²) in [5.41, 5.74) is 4.41. The highest BCUT2D eigenvalue weighted by Gasteiger charge is 2.07. The van der Waals surface area contributed by atoms with Crippen LogP contribution in [0.5, 0.6) is 0 Å². The number of benzene rings is 1. The number of pyridine rings is 1. The number of rotatable bonds is 5. The number of aromatic amines is 1. The Morgan fingerprint density at radius 3 is 2.74 bits per heavy atom. The predicted molar refractivity (Wildman–Crippen MR) is 89.9 cm³/mol. The first-order chi connectivity index (χ1) is 11.3. The number of aromatic nitrogens is 3. The zero-order valence-electron chi connectivity index (χ0n) is 12.9. The molecule has 23 heavy (non-hydrogen) atoms. The Bertz CT molecular complexity index is 779. The molecule has 0 saturated heterocycles. The van der Waals surface area contributed by atoms with Crippen molar-refractivity contribution in [2.45, 2.75) is 13.3 Å². The normalized spacial score (nSPS) is 10.5. The number of carbonyl (C=O) groups excluding carboxylic acids is 1. The Kier molecular flexibility index (Phi) is 4.47. The lowest BCUT2D eigenvalue weighted by Gasteiger charge is -2.06. The van der Waals surface area contributed by atoms with Crippen molar-refractivity contribution in [3.63, 3.8) is 0 Å². The minimum Gasteiger partial charge on any atom is -0.352 e. The van der Waals surface area contributed by atoms with Gasteiger partial charge in [-0.3, -0.25) is 14.9 Å². The van der Waals surface area contributed by atoms with E-state index >= 15 is 0 Å². The summed E-state index contributed by atoms with van der Waals surface area (Å²) in [4.78, 5) is 16.3. The summed E-state index contributed by atoms with van der Waals surface area (Å²) in [6, 6.07) is 13.6. The number of nitrogens with one attached hydrogen (secondary N) is 2. The summed E-state index contributed by atoms with van der Waals surface area (Å²) in [5, 5.41) is 9.77. The van der Waals surface area contributed by atoms with Crippen LogP contribution in [0.1, 0.15) is 23.7 Å². The third-order valence-electron chi connectivity index (χ3n) is 3.53. The molecule has 3 rings (SSSR count). The van der Waals surface area contributed by atoms with Crippen LogP contribution in [-0.2, 0) is 0 Å². The lowest BCUT2D eigenvalue weighted by molar-refractivity contribution is 0.0953. The van der Waals surface area contributed by atoms with Crippen LogP contribution in [0.3, 0.4) is 0 Å². The molecule has 0 spiro atoms. The van der Waals surface area contributed by atoms with E-state index in [1.165, 1.54) is 0 Å². The second-order valence-corrected chi connectivity index (χ2v) is 5.24. The molecule has 3 aromatic rings. The van der Waals surface area contributed by atoms with Gasteiger partial charge < -0.3 is 5.32 Å². The molecule has 1 amide bonds. The Labute approximate surface area is 134 Å². The highest BCUT2D eigenvalue weighted by atomic mass is 16.1. The van der Waals surface area contributed by atoms with Gasteiger partial charge in [-0.15, -0.1) is 0 Å². The average molecular weight is 306 g/mol. The van der Waals surface area contributed by atoms with Gasteiger partial charge in [-0.1, -0.05) is 25.1 Å². The van der Waals surface area contributed by atoms with Crippen molar-refractivity contribution >= 4 is 5.91 Å². The van der Waals surface area contributed by atoms with E-state index in [9.17, 15) is 4.79 Å². The van der Waals surface area contributed by atoms with E-state index in [0.29, 0.717) is 12.1 Å². The van der Waals surface area contributed by atoms with E-state index in [1.54, 1.807) is 18.5 Å². The van der Waals surface area contributed by atoms with Gasteiger partial charge in [0.1, 0.15) is 0 Å². The minimum absolute atomic E-state index is 0.0860. The third-order valence-corrected chi connectivity index (χ3v) is 3.53. The van der Waals surface area contributed by atoms with Gasteiger partial charge >= 0.3 is 0 Å². The highest BCUT2D eigenvalue weighted by molar-refractivity contribution is 5.94.